The van der Waals surface area contributed by atoms with E-state index >= 15 is 0 Å². The summed E-state index contributed by atoms with van der Waals surface area (Å²) in [6.07, 6.45) is 3.75. The number of nitrogens with zero attached hydrogens (tertiary/aromatic N) is 2. The van der Waals surface area contributed by atoms with Crippen LogP contribution in [0.3, 0.4) is 0 Å². The molecule has 7 heteroatoms. The van der Waals surface area contributed by atoms with Gasteiger partial charge in [0.2, 0.25) is 0 Å². The summed E-state index contributed by atoms with van der Waals surface area (Å²) in [4.78, 5) is 14.1. The van der Waals surface area contributed by atoms with Crippen molar-refractivity contribution in [1.29, 1.82) is 0 Å². The Morgan fingerprint density at radius 3 is 2.64 bits per heavy atom. The summed E-state index contributed by atoms with van der Waals surface area (Å²) < 4.78 is 10.4. The van der Waals surface area contributed by atoms with Crippen LogP contribution in [-0.2, 0) is 0 Å². The van der Waals surface area contributed by atoms with E-state index in [1.54, 1.807) is 31.4 Å². The van der Waals surface area contributed by atoms with Gasteiger partial charge >= 0.3 is 5.97 Å². The molecule has 0 radical (unpaired) electrons. The highest BCUT2D eigenvalue weighted by Gasteiger charge is 2.24. The topological polar surface area (TPSA) is 87.8 Å². The SMILES string of the molecule is COc1ccc(-c2onc(NCCN3CCCCC3)c2C(=O)O)cc1. The van der Waals surface area contributed by atoms with Crippen molar-refractivity contribution >= 4 is 11.8 Å². The molecule has 1 aliphatic heterocycles. The lowest BCUT2D eigenvalue weighted by Crippen LogP contribution is -2.33. The Kier molecular flexibility index (Phi) is 5.55. The van der Waals surface area contributed by atoms with Crippen LogP contribution in [0.5, 0.6) is 5.75 Å². The van der Waals surface area contributed by atoms with E-state index in [2.05, 4.69) is 15.4 Å². The van der Waals surface area contributed by atoms with Gasteiger partial charge in [-0.15, -0.1) is 0 Å². The van der Waals surface area contributed by atoms with E-state index < -0.39 is 5.97 Å². The van der Waals surface area contributed by atoms with Gasteiger partial charge in [-0.3, -0.25) is 0 Å². The number of carbonyl (C=O) groups is 1. The number of piperidine rings is 1. The quantitative estimate of drug-likeness (QED) is 0.797. The Balaban J connectivity index is 1.71. The van der Waals surface area contributed by atoms with Crippen LogP contribution in [-0.4, -0.2) is 54.4 Å². The minimum Gasteiger partial charge on any atom is -0.497 e. The third kappa shape index (κ3) is 4.11. The molecule has 1 aromatic heterocycles. The number of anilines is 1. The first-order valence-corrected chi connectivity index (χ1v) is 8.52. The van der Waals surface area contributed by atoms with E-state index in [1.807, 2.05) is 0 Å². The largest absolute Gasteiger partial charge is 0.497 e. The monoisotopic (exact) mass is 345 g/mol. The van der Waals surface area contributed by atoms with Gasteiger partial charge in [0.05, 0.1) is 7.11 Å². The molecule has 134 valence electrons. The van der Waals surface area contributed by atoms with Crippen LogP contribution >= 0.6 is 0 Å². The fourth-order valence-corrected chi connectivity index (χ4v) is 3.06. The Bertz CT molecular complexity index is 706. The molecule has 1 fully saturated rings. The summed E-state index contributed by atoms with van der Waals surface area (Å²) in [5.41, 5.74) is 0.707. The molecule has 2 heterocycles. The Labute approximate surface area is 146 Å². The van der Waals surface area contributed by atoms with Crippen LogP contribution in [0.4, 0.5) is 5.82 Å². The molecule has 2 N–H and O–H groups in total. The molecule has 0 bridgehead atoms. The van der Waals surface area contributed by atoms with Gasteiger partial charge in [0.15, 0.2) is 17.1 Å². The van der Waals surface area contributed by atoms with Gasteiger partial charge < -0.3 is 24.6 Å². The normalized spacial score (nSPS) is 15.1. The Morgan fingerprint density at radius 2 is 2.00 bits per heavy atom. The predicted octanol–water partition coefficient (Wildman–Crippen LogP) is 2.95. The average molecular weight is 345 g/mol. The summed E-state index contributed by atoms with van der Waals surface area (Å²) in [7, 11) is 1.58. The number of rotatable bonds is 7. The third-order valence-corrected chi connectivity index (χ3v) is 4.43. The molecule has 3 rings (SSSR count). The van der Waals surface area contributed by atoms with Crippen molar-refractivity contribution in [3.63, 3.8) is 0 Å². The van der Waals surface area contributed by atoms with Crippen molar-refractivity contribution in [2.45, 2.75) is 19.3 Å². The maximum Gasteiger partial charge on any atom is 0.343 e. The van der Waals surface area contributed by atoms with Crippen LogP contribution in [0.15, 0.2) is 28.8 Å². The standard InChI is InChI=1S/C18H23N3O4/c1-24-14-7-5-13(6-8-14)16-15(18(22)23)17(20-25-16)19-9-12-21-10-3-2-4-11-21/h5-8H,2-4,9-12H2,1H3,(H,19,20)(H,22,23). The molecule has 0 unspecified atom stereocenters. The second-order valence-electron chi connectivity index (χ2n) is 6.10. The molecule has 0 aliphatic carbocycles. The number of nitrogens with one attached hydrogen (secondary N) is 1. The van der Waals surface area contributed by atoms with Crippen LogP contribution in [0, 0.1) is 0 Å². The molecule has 1 aliphatic rings. The minimum absolute atomic E-state index is 0.0591. The summed E-state index contributed by atoms with van der Waals surface area (Å²) in [5, 5.41) is 16.6. The molecule has 25 heavy (non-hydrogen) atoms. The first-order valence-electron chi connectivity index (χ1n) is 8.52. The van der Waals surface area contributed by atoms with Gasteiger partial charge in [0.25, 0.3) is 0 Å². The molecular formula is C18H23N3O4. The molecule has 0 amide bonds. The lowest BCUT2D eigenvalue weighted by atomic mass is 10.1. The number of hydrogen-bond acceptors (Lipinski definition) is 6. The fraction of sp³-hybridized carbons (Fsp3) is 0.444. The van der Waals surface area contributed by atoms with Crippen LogP contribution in [0.2, 0.25) is 0 Å². The molecule has 0 spiro atoms. The number of methoxy groups -OCH3 is 1. The molecule has 7 nitrogen and oxygen atoms in total. The van der Waals surface area contributed by atoms with Crippen LogP contribution in [0.1, 0.15) is 29.6 Å². The summed E-state index contributed by atoms with van der Waals surface area (Å²) in [5.74, 6) is 0.151. The van der Waals surface area contributed by atoms with Crippen LogP contribution in [0.25, 0.3) is 11.3 Å². The first-order chi connectivity index (χ1) is 12.2. The molecule has 1 aromatic carbocycles. The average Bonchev–Trinajstić information content (AvgIpc) is 3.07. The number of ether oxygens (including phenoxy) is 1. The Morgan fingerprint density at radius 1 is 1.28 bits per heavy atom. The highest BCUT2D eigenvalue weighted by atomic mass is 16.5. The second kappa shape index (κ2) is 8.02. The lowest BCUT2D eigenvalue weighted by Gasteiger charge is -2.26. The number of benzene rings is 1. The van der Waals surface area contributed by atoms with Gasteiger partial charge in [0.1, 0.15) is 5.75 Å². The molecule has 1 saturated heterocycles. The highest BCUT2D eigenvalue weighted by Crippen LogP contribution is 2.30. The molecule has 0 atom stereocenters. The zero-order valence-electron chi connectivity index (χ0n) is 14.3. The number of aromatic nitrogens is 1. The zero-order chi connectivity index (χ0) is 17.6. The minimum atomic E-state index is -1.06. The van der Waals surface area contributed by atoms with Gasteiger partial charge in [-0.25, -0.2) is 4.79 Å². The van der Waals surface area contributed by atoms with E-state index in [0.29, 0.717) is 17.9 Å². The van der Waals surface area contributed by atoms with Gasteiger partial charge in [-0.2, -0.15) is 0 Å². The van der Waals surface area contributed by atoms with Crippen molar-refractivity contribution in [2.75, 3.05) is 38.6 Å². The molecule has 0 saturated carbocycles. The molecular weight excluding hydrogens is 322 g/mol. The first kappa shape index (κ1) is 17.3. The van der Waals surface area contributed by atoms with E-state index in [9.17, 15) is 9.90 Å². The van der Waals surface area contributed by atoms with Gasteiger partial charge in [0, 0.05) is 18.7 Å². The number of carboxylic acids is 1. The van der Waals surface area contributed by atoms with Gasteiger partial charge in [-0.05, 0) is 50.2 Å². The van der Waals surface area contributed by atoms with E-state index in [-0.39, 0.29) is 17.1 Å². The maximum absolute atomic E-state index is 11.7. The van der Waals surface area contributed by atoms with Crippen molar-refractivity contribution < 1.29 is 19.2 Å². The van der Waals surface area contributed by atoms with E-state index in [0.717, 1.165) is 19.6 Å². The number of carboxylic acid groups (broad SMARTS) is 1. The van der Waals surface area contributed by atoms with E-state index in [1.165, 1.54) is 19.3 Å². The molecule has 2 aromatic rings. The number of aromatic carboxylic acids is 1. The maximum atomic E-state index is 11.7. The fourth-order valence-electron chi connectivity index (χ4n) is 3.06. The lowest BCUT2D eigenvalue weighted by molar-refractivity contribution is 0.0698. The van der Waals surface area contributed by atoms with Crippen molar-refractivity contribution in [3.05, 3.63) is 29.8 Å². The van der Waals surface area contributed by atoms with Crippen molar-refractivity contribution in [1.82, 2.24) is 10.1 Å². The smallest absolute Gasteiger partial charge is 0.343 e. The van der Waals surface area contributed by atoms with Crippen molar-refractivity contribution in [3.8, 4) is 17.1 Å². The van der Waals surface area contributed by atoms with Gasteiger partial charge in [-0.1, -0.05) is 11.6 Å². The number of likely N-dealkylation sites (tertiary alicyclic amines) is 1. The van der Waals surface area contributed by atoms with E-state index in [4.69, 9.17) is 9.26 Å². The number of hydrogen-bond donors (Lipinski definition) is 2. The third-order valence-electron chi connectivity index (χ3n) is 4.43. The summed E-state index contributed by atoms with van der Waals surface area (Å²) in [6.45, 7) is 3.70. The summed E-state index contributed by atoms with van der Waals surface area (Å²) >= 11 is 0. The summed E-state index contributed by atoms with van der Waals surface area (Å²) in [6, 6.07) is 7.02. The highest BCUT2D eigenvalue weighted by molar-refractivity contribution is 5.99. The Hall–Kier alpha value is -2.54. The van der Waals surface area contributed by atoms with Crippen molar-refractivity contribution in [2.24, 2.45) is 0 Å². The van der Waals surface area contributed by atoms with Crippen LogP contribution < -0.4 is 10.1 Å². The second-order valence-corrected chi connectivity index (χ2v) is 6.10. The predicted molar refractivity (Wildman–Crippen MR) is 94.2 cm³/mol. The zero-order valence-corrected chi connectivity index (χ0v) is 14.3.